The summed E-state index contributed by atoms with van der Waals surface area (Å²) in [5.74, 6) is 2.01. The molecule has 1 aromatic heterocycles. The molecular weight excluding hydrogens is 394 g/mol. The van der Waals surface area contributed by atoms with Crippen LogP contribution in [-0.2, 0) is 17.0 Å². The summed E-state index contributed by atoms with van der Waals surface area (Å²) in [5, 5.41) is 4.17. The number of thioether (sulfide) groups is 1. The molecule has 1 aliphatic rings. The van der Waals surface area contributed by atoms with Gasteiger partial charge in [0.05, 0.1) is 13.2 Å². The highest BCUT2D eigenvalue weighted by Gasteiger charge is 2.11. The minimum absolute atomic E-state index is 0.0733. The lowest BCUT2D eigenvalue weighted by atomic mass is 10.1. The van der Waals surface area contributed by atoms with Gasteiger partial charge in [-0.2, -0.15) is 11.8 Å². The molecule has 2 aromatic carbocycles. The number of rotatable bonds is 8. The molecule has 1 amide bonds. The van der Waals surface area contributed by atoms with Gasteiger partial charge in [0, 0.05) is 60.3 Å². The molecule has 30 heavy (non-hydrogen) atoms. The Kier molecular flexibility index (Phi) is 7.10. The van der Waals surface area contributed by atoms with Crippen molar-refractivity contribution in [3.05, 3.63) is 65.9 Å². The molecule has 4 rings (SSSR count). The summed E-state index contributed by atoms with van der Waals surface area (Å²) in [6, 6.07) is 16.1. The van der Waals surface area contributed by atoms with Crippen molar-refractivity contribution in [2.45, 2.75) is 19.2 Å². The van der Waals surface area contributed by atoms with E-state index in [0.29, 0.717) is 5.56 Å². The van der Waals surface area contributed by atoms with Gasteiger partial charge in [-0.3, -0.25) is 9.69 Å². The highest BCUT2D eigenvalue weighted by atomic mass is 32.2. The fraction of sp³-hybridized carbons (Fsp3) is 0.375. The lowest BCUT2D eigenvalue weighted by Crippen LogP contribution is -2.38. The van der Waals surface area contributed by atoms with Gasteiger partial charge in [0.25, 0.3) is 5.91 Å². The van der Waals surface area contributed by atoms with E-state index < -0.39 is 0 Å². The van der Waals surface area contributed by atoms with Crippen molar-refractivity contribution in [3.63, 3.8) is 0 Å². The summed E-state index contributed by atoms with van der Waals surface area (Å²) in [6.45, 7) is 7.81. The summed E-state index contributed by atoms with van der Waals surface area (Å²) in [4.78, 5) is 15.1. The second-order valence-corrected chi connectivity index (χ2v) is 8.80. The Morgan fingerprint density at radius 1 is 1.07 bits per heavy atom. The maximum absolute atomic E-state index is 12.6. The first kappa shape index (κ1) is 21.0. The molecule has 158 valence electrons. The molecule has 0 bridgehead atoms. The third-order valence-corrected chi connectivity index (χ3v) is 6.42. The Balaban J connectivity index is 1.38. The van der Waals surface area contributed by atoms with Gasteiger partial charge in [-0.15, -0.1) is 0 Å². The van der Waals surface area contributed by atoms with Gasteiger partial charge in [0.2, 0.25) is 0 Å². The van der Waals surface area contributed by atoms with Gasteiger partial charge in [-0.25, -0.2) is 0 Å². The summed E-state index contributed by atoms with van der Waals surface area (Å²) in [6.07, 6.45) is 2.13. The Morgan fingerprint density at radius 3 is 2.63 bits per heavy atom. The maximum Gasteiger partial charge on any atom is 0.255 e. The minimum atomic E-state index is -0.0733. The first-order chi connectivity index (χ1) is 14.7. The van der Waals surface area contributed by atoms with Crippen molar-refractivity contribution in [1.29, 1.82) is 0 Å². The Hall–Kier alpha value is -2.28. The number of hydrogen-bond donors (Lipinski definition) is 1. The second kappa shape index (κ2) is 10.2. The predicted molar refractivity (Wildman–Crippen MR) is 125 cm³/mol. The van der Waals surface area contributed by atoms with Crippen molar-refractivity contribution in [1.82, 2.24) is 9.47 Å². The van der Waals surface area contributed by atoms with Crippen LogP contribution in [0.4, 0.5) is 5.69 Å². The Bertz CT molecular complexity index is 978. The van der Waals surface area contributed by atoms with Gasteiger partial charge >= 0.3 is 0 Å². The van der Waals surface area contributed by atoms with Gasteiger partial charge in [-0.1, -0.05) is 19.1 Å². The van der Waals surface area contributed by atoms with E-state index in [1.807, 2.05) is 48.2 Å². The zero-order valence-electron chi connectivity index (χ0n) is 17.5. The molecule has 5 nitrogen and oxygen atoms in total. The first-order valence-electron chi connectivity index (χ1n) is 10.6. The summed E-state index contributed by atoms with van der Waals surface area (Å²) in [5.41, 5.74) is 3.95. The number of fused-ring (bicyclic) bond motifs is 1. The largest absolute Gasteiger partial charge is 0.379 e. The molecule has 0 spiro atoms. The lowest BCUT2D eigenvalue weighted by molar-refractivity contribution is 0.0365. The molecule has 0 unspecified atom stereocenters. The summed E-state index contributed by atoms with van der Waals surface area (Å²) >= 11 is 1.88. The van der Waals surface area contributed by atoms with E-state index in [2.05, 4.69) is 40.0 Å². The number of amides is 1. The van der Waals surface area contributed by atoms with Crippen LogP contribution >= 0.6 is 11.8 Å². The zero-order valence-corrected chi connectivity index (χ0v) is 18.3. The maximum atomic E-state index is 12.6. The van der Waals surface area contributed by atoms with Crippen LogP contribution in [0.15, 0.2) is 54.7 Å². The quantitative estimate of drug-likeness (QED) is 0.580. The molecule has 1 fully saturated rings. The number of anilines is 1. The van der Waals surface area contributed by atoms with Gasteiger partial charge in [-0.05, 0) is 47.7 Å². The van der Waals surface area contributed by atoms with E-state index in [9.17, 15) is 4.79 Å². The number of aromatic nitrogens is 1. The highest BCUT2D eigenvalue weighted by molar-refractivity contribution is 7.98. The Labute approximate surface area is 182 Å². The van der Waals surface area contributed by atoms with E-state index in [1.165, 1.54) is 11.1 Å². The average molecular weight is 424 g/mol. The number of carbonyl (C=O) groups excluding carboxylic acids is 1. The van der Waals surface area contributed by atoms with Gasteiger partial charge < -0.3 is 14.6 Å². The van der Waals surface area contributed by atoms with Crippen LogP contribution in [0.3, 0.4) is 0 Å². The normalized spacial score (nSPS) is 14.8. The van der Waals surface area contributed by atoms with Gasteiger partial charge in [0.1, 0.15) is 0 Å². The van der Waals surface area contributed by atoms with Crippen LogP contribution in [0, 0.1) is 0 Å². The average Bonchev–Trinajstić information content (AvgIpc) is 3.19. The minimum Gasteiger partial charge on any atom is -0.379 e. The van der Waals surface area contributed by atoms with E-state index in [1.54, 1.807) is 0 Å². The molecule has 0 saturated carbocycles. The molecule has 3 aromatic rings. The SMILES string of the molecule is CCSCc1ccc(C(=O)Nc2ccc3c(ccn3CCN3CCOCC3)c2)cc1. The number of benzene rings is 2. The van der Waals surface area contributed by atoms with Crippen molar-refractivity contribution in [3.8, 4) is 0 Å². The standard InChI is InChI=1S/C24H29N3O2S/c1-2-30-18-19-3-5-20(6-4-19)24(28)25-22-7-8-23-21(17-22)9-10-27(23)12-11-26-13-15-29-16-14-26/h3-10,17H,2,11-16,18H2,1H3,(H,25,28). The van der Waals surface area contributed by atoms with Crippen LogP contribution < -0.4 is 5.32 Å². The molecule has 1 N–H and O–H groups in total. The number of nitrogens with zero attached hydrogens (tertiary/aromatic N) is 2. The second-order valence-electron chi connectivity index (χ2n) is 7.52. The third kappa shape index (κ3) is 5.25. The zero-order chi connectivity index (χ0) is 20.8. The number of ether oxygens (including phenoxy) is 1. The molecule has 1 aliphatic heterocycles. The number of carbonyl (C=O) groups is 1. The van der Waals surface area contributed by atoms with E-state index >= 15 is 0 Å². The summed E-state index contributed by atoms with van der Waals surface area (Å²) in [7, 11) is 0. The summed E-state index contributed by atoms with van der Waals surface area (Å²) < 4.78 is 7.70. The monoisotopic (exact) mass is 423 g/mol. The van der Waals surface area contributed by atoms with E-state index in [-0.39, 0.29) is 5.91 Å². The third-order valence-electron chi connectivity index (χ3n) is 5.48. The van der Waals surface area contributed by atoms with Crippen molar-refractivity contribution in [2.75, 3.05) is 43.9 Å². The van der Waals surface area contributed by atoms with Crippen LogP contribution in [0.25, 0.3) is 10.9 Å². The van der Waals surface area contributed by atoms with Crippen molar-refractivity contribution < 1.29 is 9.53 Å². The molecular formula is C24H29N3O2S. The molecule has 6 heteroatoms. The number of hydrogen-bond acceptors (Lipinski definition) is 4. The molecule has 2 heterocycles. The molecule has 0 radical (unpaired) electrons. The smallest absolute Gasteiger partial charge is 0.255 e. The Morgan fingerprint density at radius 2 is 1.87 bits per heavy atom. The fourth-order valence-electron chi connectivity index (χ4n) is 3.72. The first-order valence-corrected chi connectivity index (χ1v) is 11.8. The van der Waals surface area contributed by atoms with Crippen LogP contribution in [0.2, 0.25) is 0 Å². The number of morpholine rings is 1. The van der Waals surface area contributed by atoms with Crippen LogP contribution in [0.5, 0.6) is 0 Å². The molecule has 0 atom stereocenters. The molecule has 0 aliphatic carbocycles. The van der Waals surface area contributed by atoms with Gasteiger partial charge in [0.15, 0.2) is 0 Å². The predicted octanol–water partition coefficient (Wildman–Crippen LogP) is 4.48. The highest BCUT2D eigenvalue weighted by Crippen LogP contribution is 2.22. The van der Waals surface area contributed by atoms with E-state index in [4.69, 9.17) is 4.74 Å². The fourth-order valence-corrected chi connectivity index (χ4v) is 4.35. The topological polar surface area (TPSA) is 46.5 Å². The van der Waals surface area contributed by atoms with Crippen LogP contribution in [-0.4, -0.2) is 54.0 Å². The lowest BCUT2D eigenvalue weighted by Gasteiger charge is -2.26. The van der Waals surface area contributed by atoms with Crippen molar-refractivity contribution >= 4 is 34.3 Å². The molecule has 1 saturated heterocycles. The number of nitrogens with one attached hydrogen (secondary N) is 1. The van der Waals surface area contributed by atoms with Crippen molar-refractivity contribution in [2.24, 2.45) is 0 Å². The van der Waals surface area contributed by atoms with E-state index in [0.717, 1.165) is 62.0 Å². The van der Waals surface area contributed by atoms with Crippen LogP contribution in [0.1, 0.15) is 22.8 Å².